The minimum absolute atomic E-state index is 0.0662. The highest BCUT2D eigenvalue weighted by Crippen LogP contribution is 2.18. The fourth-order valence-corrected chi connectivity index (χ4v) is 1.90. The van der Waals surface area contributed by atoms with Gasteiger partial charge in [0.15, 0.2) is 0 Å². The maximum absolute atomic E-state index is 12.3. The lowest BCUT2D eigenvalue weighted by Crippen LogP contribution is -2.31. The zero-order chi connectivity index (χ0) is 15.3. The van der Waals surface area contributed by atoms with E-state index < -0.39 is 0 Å². The Bertz CT molecular complexity index is 461. The summed E-state index contributed by atoms with van der Waals surface area (Å²) in [7, 11) is 1.76. The molecule has 0 aliphatic carbocycles. The van der Waals surface area contributed by atoms with E-state index in [0.29, 0.717) is 23.9 Å². The number of hydrogen-bond donors (Lipinski definition) is 0. The molecule has 1 aromatic rings. The number of pyridine rings is 1. The van der Waals surface area contributed by atoms with Crippen molar-refractivity contribution >= 4 is 17.5 Å². The van der Waals surface area contributed by atoms with Crippen molar-refractivity contribution in [3.8, 4) is 0 Å². The van der Waals surface area contributed by atoms with Gasteiger partial charge >= 0.3 is 0 Å². The number of amides is 1. The second-order valence-electron chi connectivity index (χ2n) is 5.40. The van der Waals surface area contributed by atoms with Crippen molar-refractivity contribution in [1.29, 1.82) is 0 Å². The van der Waals surface area contributed by atoms with Crippen molar-refractivity contribution in [3.05, 3.63) is 28.5 Å². The Balaban J connectivity index is 2.75. The minimum Gasteiger partial charge on any atom is -0.377 e. The largest absolute Gasteiger partial charge is 0.377 e. The van der Waals surface area contributed by atoms with E-state index in [4.69, 9.17) is 16.3 Å². The average molecular weight is 299 g/mol. The van der Waals surface area contributed by atoms with Crippen LogP contribution >= 0.6 is 11.6 Å². The number of rotatable bonds is 6. The smallest absolute Gasteiger partial charge is 0.253 e. The fraction of sp³-hybridized carbons (Fsp3) is 0.600. The molecule has 0 bridgehead atoms. The summed E-state index contributed by atoms with van der Waals surface area (Å²) in [4.78, 5) is 18.2. The van der Waals surface area contributed by atoms with Gasteiger partial charge in [-0.2, -0.15) is 0 Å². The molecule has 1 aromatic heterocycles. The zero-order valence-electron chi connectivity index (χ0n) is 12.8. The SMILES string of the molecule is CC(C)OCCN(C)C(=O)c1cc(Cl)nc(C(C)C)c1. The third-order valence-corrected chi connectivity index (χ3v) is 3.07. The van der Waals surface area contributed by atoms with Gasteiger partial charge in [-0.1, -0.05) is 25.4 Å². The number of aromatic nitrogens is 1. The Morgan fingerprint density at radius 1 is 1.35 bits per heavy atom. The van der Waals surface area contributed by atoms with E-state index in [1.54, 1.807) is 24.1 Å². The van der Waals surface area contributed by atoms with Crippen molar-refractivity contribution in [2.45, 2.75) is 39.7 Å². The molecule has 1 amide bonds. The van der Waals surface area contributed by atoms with Gasteiger partial charge in [-0.15, -0.1) is 0 Å². The van der Waals surface area contributed by atoms with Gasteiger partial charge in [0.1, 0.15) is 5.15 Å². The van der Waals surface area contributed by atoms with Crippen molar-refractivity contribution in [2.24, 2.45) is 0 Å². The summed E-state index contributed by atoms with van der Waals surface area (Å²) < 4.78 is 5.45. The Kier molecular flexibility index (Phi) is 6.43. The van der Waals surface area contributed by atoms with Gasteiger partial charge in [-0.05, 0) is 31.9 Å². The highest BCUT2D eigenvalue weighted by Gasteiger charge is 2.15. The quantitative estimate of drug-likeness (QED) is 0.756. The number of nitrogens with zero attached hydrogens (tertiary/aromatic N) is 2. The highest BCUT2D eigenvalue weighted by molar-refractivity contribution is 6.29. The van der Waals surface area contributed by atoms with Crippen LogP contribution in [0.3, 0.4) is 0 Å². The van der Waals surface area contributed by atoms with Crippen LogP contribution in [-0.2, 0) is 4.74 Å². The van der Waals surface area contributed by atoms with Crippen molar-refractivity contribution in [2.75, 3.05) is 20.2 Å². The van der Waals surface area contributed by atoms with Crippen LogP contribution in [0.1, 0.15) is 49.7 Å². The first-order valence-electron chi connectivity index (χ1n) is 6.85. The second kappa shape index (κ2) is 7.60. The van der Waals surface area contributed by atoms with Crippen molar-refractivity contribution < 1.29 is 9.53 Å². The summed E-state index contributed by atoms with van der Waals surface area (Å²) in [6, 6.07) is 3.41. The minimum atomic E-state index is -0.0662. The van der Waals surface area contributed by atoms with Crippen LogP contribution in [0.25, 0.3) is 0 Å². The lowest BCUT2D eigenvalue weighted by molar-refractivity contribution is 0.0532. The van der Waals surface area contributed by atoms with E-state index in [-0.39, 0.29) is 17.9 Å². The van der Waals surface area contributed by atoms with Crippen LogP contribution in [0.2, 0.25) is 5.15 Å². The van der Waals surface area contributed by atoms with Gasteiger partial charge in [0.05, 0.1) is 12.7 Å². The molecule has 0 saturated heterocycles. The average Bonchev–Trinajstić information content (AvgIpc) is 2.36. The molecule has 0 N–H and O–H groups in total. The summed E-state index contributed by atoms with van der Waals surface area (Å²) in [6.07, 6.45) is 0.168. The Morgan fingerprint density at radius 2 is 2.00 bits per heavy atom. The standard InChI is InChI=1S/C15H23ClN2O2/c1-10(2)13-8-12(9-14(16)17-13)15(19)18(5)6-7-20-11(3)4/h8-11H,6-7H2,1-5H3. The lowest BCUT2D eigenvalue weighted by Gasteiger charge is -2.19. The number of carbonyl (C=O) groups is 1. The molecule has 4 nitrogen and oxygen atoms in total. The van der Waals surface area contributed by atoms with Gasteiger partial charge in [0.25, 0.3) is 5.91 Å². The number of carbonyl (C=O) groups excluding carboxylic acids is 1. The van der Waals surface area contributed by atoms with Gasteiger partial charge in [-0.3, -0.25) is 4.79 Å². The molecule has 1 heterocycles. The van der Waals surface area contributed by atoms with Crippen LogP contribution in [0.5, 0.6) is 0 Å². The topological polar surface area (TPSA) is 42.4 Å². The molecule has 5 heteroatoms. The normalized spacial score (nSPS) is 11.2. The van der Waals surface area contributed by atoms with Crippen LogP contribution in [-0.4, -0.2) is 42.1 Å². The molecule has 112 valence electrons. The Morgan fingerprint density at radius 3 is 2.55 bits per heavy atom. The number of likely N-dealkylation sites (N-methyl/N-ethyl adjacent to an activating group) is 1. The second-order valence-corrected chi connectivity index (χ2v) is 5.79. The van der Waals surface area contributed by atoms with E-state index >= 15 is 0 Å². The Labute approximate surface area is 126 Å². The first kappa shape index (κ1) is 16.9. The molecule has 0 fully saturated rings. The molecule has 0 unspecified atom stereocenters. The molecule has 0 aliphatic rings. The number of halogens is 1. The highest BCUT2D eigenvalue weighted by atomic mass is 35.5. The van der Waals surface area contributed by atoms with Gasteiger partial charge in [-0.25, -0.2) is 4.98 Å². The first-order chi connectivity index (χ1) is 9.31. The van der Waals surface area contributed by atoms with Gasteiger partial charge in [0, 0.05) is 24.8 Å². The summed E-state index contributed by atoms with van der Waals surface area (Å²) >= 11 is 5.98. The maximum atomic E-state index is 12.3. The molecule has 0 radical (unpaired) electrons. The summed E-state index contributed by atoms with van der Waals surface area (Å²) in [5.74, 6) is 0.165. The number of hydrogen-bond acceptors (Lipinski definition) is 3. The zero-order valence-corrected chi connectivity index (χ0v) is 13.6. The van der Waals surface area contributed by atoms with E-state index in [9.17, 15) is 4.79 Å². The third kappa shape index (κ3) is 5.10. The van der Waals surface area contributed by atoms with Crippen molar-refractivity contribution in [3.63, 3.8) is 0 Å². The van der Waals surface area contributed by atoms with Crippen LogP contribution in [0, 0.1) is 0 Å². The molecular weight excluding hydrogens is 276 g/mol. The fourth-order valence-electron chi connectivity index (χ4n) is 1.68. The summed E-state index contributed by atoms with van der Waals surface area (Å²) in [5, 5.41) is 0.353. The molecular formula is C15H23ClN2O2. The van der Waals surface area contributed by atoms with E-state index in [0.717, 1.165) is 5.69 Å². The van der Waals surface area contributed by atoms with Gasteiger partial charge < -0.3 is 9.64 Å². The summed E-state index contributed by atoms with van der Waals surface area (Å²) in [6.45, 7) is 9.06. The molecule has 0 aromatic carbocycles. The third-order valence-electron chi connectivity index (χ3n) is 2.88. The lowest BCUT2D eigenvalue weighted by atomic mass is 10.1. The molecule has 0 saturated carbocycles. The predicted octanol–water partition coefficient (Wildman–Crippen LogP) is 3.36. The van der Waals surface area contributed by atoms with Gasteiger partial charge in [0.2, 0.25) is 0 Å². The van der Waals surface area contributed by atoms with Crippen molar-refractivity contribution in [1.82, 2.24) is 9.88 Å². The van der Waals surface area contributed by atoms with Crippen LogP contribution in [0.4, 0.5) is 0 Å². The molecule has 0 atom stereocenters. The maximum Gasteiger partial charge on any atom is 0.253 e. The van der Waals surface area contributed by atoms with Crippen LogP contribution in [0.15, 0.2) is 12.1 Å². The summed E-state index contributed by atoms with van der Waals surface area (Å²) in [5.41, 5.74) is 1.40. The predicted molar refractivity (Wildman–Crippen MR) is 81.4 cm³/mol. The van der Waals surface area contributed by atoms with E-state index in [1.165, 1.54) is 0 Å². The van der Waals surface area contributed by atoms with Crippen LogP contribution < -0.4 is 0 Å². The first-order valence-corrected chi connectivity index (χ1v) is 7.23. The van der Waals surface area contributed by atoms with E-state index in [2.05, 4.69) is 4.98 Å². The monoisotopic (exact) mass is 298 g/mol. The molecule has 1 rings (SSSR count). The Hall–Kier alpha value is -1.13. The molecule has 20 heavy (non-hydrogen) atoms. The van der Waals surface area contributed by atoms with E-state index in [1.807, 2.05) is 27.7 Å². The molecule has 0 spiro atoms. The number of ether oxygens (including phenoxy) is 1. The molecule has 0 aliphatic heterocycles.